The summed E-state index contributed by atoms with van der Waals surface area (Å²) in [6, 6.07) is 4.59. The minimum absolute atomic E-state index is 0.115. The molecule has 0 aromatic heterocycles. The summed E-state index contributed by atoms with van der Waals surface area (Å²) in [6.45, 7) is 2.94. The lowest BCUT2D eigenvalue weighted by atomic mass is 9.94. The van der Waals surface area contributed by atoms with Crippen molar-refractivity contribution >= 4 is 5.84 Å². The van der Waals surface area contributed by atoms with Crippen molar-refractivity contribution in [3.8, 4) is 12.1 Å². The van der Waals surface area contributed by atoms with Crippen LogP contribution in [-0.2, 0) is 9.47 Å². The molecule has 0 unspecified atom stereocenters. The number of rotatable bonds is 4. The Morgan fingerprint density at radius 2 is 2.00 bits per heavy atom. The van der Waals surface area contributed by atoms with Crippen LogP contribution in [0, 0.1) is 39.4 Å². The molecule has 2 fully saturated rings. The summed E-state index contributed by atoms with van der Waals surface area (Å²) in [6.07, 6.45) is 3.96. The molecule has 1 saturated carbocycles. The maximum atomic E-state index is 9.76. The fourth-order valence-corrected chi connectivity index (χ4v) is 4.03. The zero-order valence-corrected chi connectivity index (χ0v) is 11.6. The molecular formula is C14H19N4O2+. The Hall–Kier alpha value is -1.63. The van der Waals surface area contributed by atoms with Gasteiger partial charge in [-0.2, -0.15) is 10.5 Å². The van der Waals surface area contributed by atoms with Crippen molar-refractivity contribution < 1.29 is 14.5 Å². The number of hydrogen-bond acceptors (Lipinski definition) is 5. The van der Waals surface area contributed by atoms with Gasteiger partial charge in [0.2, 0.25) is 0 Å². The number of unbranched alkanes of at least 4 members (excludes halogenated alkanes) is 2. The monoisotopic (exact) mass is 275 g/mol. The molecule has 3 N–H and O–H groups in total. The van der Waals surface area contributed by atoms with Gasteiger partial charge in [-0.1, -0.05) is 26.2 Å². The van der Waals surface area contributed by atoms with Crippen LogP contribution >= 0.6 is 0 Å². The lowest BCUT2D eigenvalue weighted by Crippen LogP contribution is -2.90. The Bertz CT molecular complexity index is 540. The second-order valence-electron chi connectivity index (χ2n) is 5.74. The van der Waals surface area contributed by atoms with Crippen molar-refractivity contribution in [1.82, 2.24) is 0 Å². The number of nitrogens with zero attached hydrogens (tertiary/aromatic N) is 2. The summed E-state index contributed by atoms with van der Waals surface area (Å²) >= 11 is 0. The second-order valence-corrected chi connectivity index (χ2v) is 5.74. The number of hydrogen-bond donors (Lipinski definition) is 2. The molecule has 6 heteroatoms. The molecule has 3 aliphatic rings. The van der Waals surface area contributed by atoms with Crippen molar-refractivity contribution in [2.45, 2.75) is 38.5 Å². The van der Waals surface area contributed by atoms with Crippen molar-refractivity contribution in [1.29, 1.82) is 10.5 Å². The predicted octanol–water partition coefficient (Wildman–Crippen LogP) is -0.632. The quantitative estimate of drug-likeness (QED) is 0.664. The van der Waals surface area contributed by atoms with E-state index in [9.17, 15) is 10.5 Å². The van der Waals surface area contributed by atoms with Gasteiger partial charge in [-0.15, -0.1) is 0 Å². The van der Waals surface area contributed by atoms with Crippen LogP contribution in [0.5, 0.6) is 0 Å². The fraction of sp³-hybridized carbons (Fsp3) is 0.786. The fourth-order valence-electron chi connectivity index (χ4n) is 4.03. The number of ether oxygens (including phenoxy) is 2. The van der Waals surface area contributed by atoms with Gasteiger partial charge in [0.15, 0.2) is 10.8 Å². The Labute approximate surface area is 118 Å². The average molecular weight is 275 g/mol. The summed E-state index contributed by atoms with van der Waals surface area (Å²) in [5.74, 6) is -1.01. The molecule has 0 radical (unpaired) electrons. The van der Waals surface area contributed by atoms with Crippen LogP contribution in [0.15, 0.2) is 0 Å². The number of nitrogens with one attached hydrogen (secondary N) is 1. The third-order valence-electron chi connectivity index (χ3n) is 4.97. The van der Waals surface area contributed by atoms with Crippen LogP contribution in [0.3, 0.4) is 0 Å². The predicted molar refractivity (Wildman–Crippen MR) is 68.5 cm³/mol. The molecule has 3 atom stereocenters. The summed E-state index contributed by atoms with van der Waals surface area (Å²) in [5, 5.41) is 19.4. The summed E-state index contributed by atoms with van der Waals surface area (Å²) in [5.41, 5.74) is 4.06. The topological polar surface area (TPSA) is 106 Å². The number of fused-ring (bicyclic) bond motifs is 2. The smallest absolute Gasteiger partial charge is 0.311 e. The molecule has 1 aliphatic carbocycles. The van der Waals surface area contributed by atoms with Gasteiger partial charge in [0.25, 0.3) is 5.84 Å². The molecule has 20 heavy (non-hydrogen) atoms. The summed E-state index contributed by atoms with van der Waals surface area (Å²) in [7, 11) is 0. The first-order valence-corrected chi connectivity index (χ1v) is 7.16. The molecular weight excluding hydrogens is 256 g/mol. The van der Waals surface area contributed by atoms with E-state index >= 15 is 0 Å². The van der Waals surface area contributed by atoms with Crippen molar-refractivity contribution in [2.75, 3.05) is 13.2 Å². The highest BCUT2D eigenvalue weighted by molar-refractivity contribution is 5.93. The Morgan fingerprint density at radius 1 is 1.30 bits per heavy atom. The highest BCUT2D eigenvalue weighted by atomic mass is 16.8. The number of amidine groups is 1. The van der Waals surface area contributed by atoms with Gasteiger partial charge >= 0.3 is 5.91 Å². The van der Waals surface area contributed by atoms with E-state index in [-0.39, 0.29) is 5.92 Å². The van der Waals surface area contributed by atoms with Crippen LogP contribution in [0.2, 0.25) is 0 Å². The van der Waals surface area contributed by atoms with Crippen LogP contribution in [-0.4, -0.2) is 25.0 Å². The minimum atomic E-state index is -1.22. The van der Waals surface area contributed by atoms with E-state index in [1.54, 1.807) is 0 Å². The Morgan fingerprint density at radius 3 is 2.55 bits per heavy atom. The van der Waals surface area contributed by atoms with Gasteiger partial charge in [-0.25, -0.2) is 4.99 Å². The highest BCUT2D eigenvalue weighted by Gasteiger charge is 2.96. The summed E-state index contributed by atoms with van der Waals surface area (Å²) < 4.78 is 11.4. The van der Waals surface area contributed by atoms with E-state index in [1.165, 1.54) is 0 Å². The normalized spacial score (nSPS) is 40.0. The van der Waals surface area contributed by atoms with Crippen molar-refractivity contribution in [3.63, 3.8) is 0 Å². The first-order valence-electron chi connectivity index (χ1n) is 7.16. The Balaban J connectivity index is 1.98. The van der Waals surface area contributed by atoms with Gasteiger partial charge in [-0.3, -0.25) is 5.73 Å². The molecule has 0 amide bonds. The number of nitriles is 2. The third-order valence-corrected chi connectivity index (χ3v) is 4.97. The largest absolute Gasteiger partial charge is 0.343 e. The van der Waals surface area contributed by atoms with Gasteiger partial charge < -0.3 is 9.47 Å². The molecule has 2 aliphatic heterocycles. The zero-order valence-electron chi connectivity index (χ0n) is 11.6. The SMILES string of the molecule is CCCCC[C@H]1[C@]2(C#N)C(N)=[NH+]C3(OCCO3)[C@]12C#N. The lowest BCUT2D eigenvalue weighted by Gasteiger charge is -2.23. The van der Waals surface area contributed by atoms with E-state index in [1.807, 2.05) is 0 Å². The van der Waals surface area contributed by atoms with E-state index in [4.69, 9.17) is 15.2 Å². The van der Waals surface area contributed by atoms with Gasteiger partial charge in [-0.05, 0) is 6.42 Å². The lowest BCUT2D eigenvalue weighted by molar-refractivity contribution is -0.677. The van der Waals surface area contributed by atoms with Gasteiger partial charge in [0.05, 0.1) is 25.4 Å². The molecule has 1 saturated heterocycles. The average Bonchev–Trinajstić information content (AvgIpc) is 2.69. The maximum Gasteiger partial charge on any atom is 0.343 e. The molecule has 1 spiro atoms. The molecule has 0 aromatic carbocycles. The van der Waals surface area contributed by atoms with E-state index in [0.29, 0.717) is 19.0 Å². The van der Waals surface area contributed by atoms with Crippen molar-refractivity contribution in [2.24, 2.45) is 22.5 Å². The standard InChI is InChI=1S/C14H18N4O2/c1-2-3-4-5-10-12(8-15)11(17)18-14(13(10,12)9-16)19-6-7-20-14/h10H,2-7H2,1H3,(H2,17,18)/p+1/t10-,12+,13+/m0/s1. The first kappa shape index (κ1) is 13.4. The van der Waals surface area contributed by atoms with E-state index in [2.05, 4.69) is 24.1 Å². The molecule has 6 nitrogen and oxygen atoms in total. The maximum absolute atomic E-state index is 9.76. The molecule has 0 bridgehead atoms. The van der Waals surface area contributed by atoms with Crippen LogP contribution < -0.4 is 10.7 Å². The molecule has 2 heterocycles. The number of nitrogens with two attached hydrogens (primary N) is 1. The van der Waals surface area contributed by atoms with Crippen LogP contribution in [0.1, 0.15) is 32.6 Å². The van der Waals surface area contributed by atoms with Crippen molar-refractivity contribution in [3.05, 3.63) is 0 Å². The highest BCUT2D eigenvalue weighted by Crippen LogP contribution is 2.76. The molecule has 3 rings (SSSR count). The minimum Gasteiger partial charge on any atom is -0.311 e. The van der Waals surface area contributed by atoms with Gasteiger partial charge in [0.1, 0.15) is 0 Å². The second kappa shape index (κ2) is 4.18. The van der Waals surface area contributed by atoms with Crippen LogP contribution in [0.4, 0.5) is 0 Å². The third kappa shape index (κ3) is 1.17. The Kier molecular flexibility index (Phi) is 2.79. The molecule has 0 aromatic rings. The zero-order chi connectivity index (χ0) is 14.4. The summed E-state index contributed by atoms with van der Waals surface area (Å²) in [4.78, 5) is 2.94. The van der Waals surface area contributed by atoms with Crippen LogP contribution in [0.25, 0.3) is 0 Å². The van der Waals surface area contributed by atoms with E-state index < -0.39 is 16.7 Å². The molecule has 106 valence electrons. The van der Waals surface area contributed by atoms with Gasteiger partial charge in [0, 0.05) is 5.92 Å². The first-order chi connectivity index (χ1) is 9.65. The van der Waals surface area contributed by atoms with E-state index in [0.717, 1.165) is 25.7 Å².